The summed E-state index contributed by atoms with van der Waals surface area (Å²) in [6.07, 6.45) is 2.92. The molecule has 106 valence electrons. The van der Waals surface area contributed by atoms with Crippen LogP contribution in [0.4, 0.5) is 0 Å². The van der Waals surface area contributed by atoms with Crippen LogP contribution >= 0.6 is 28.3 Å². The minimum absolute atomic E-state index is 0. The average Bonchev–Trinajstić information content (AvgIpc) is 2.81. The van der Waals surface area contributed by atoms with E-state index in [0.29, 0.717) is 19.0 Å². The number of halogens is 2. The quantitative estimate of drug-likeness (QED) is 0.908. The van der Waals surface area contributed by atoms with Crippen molar-refractivity contribution in [3.8, 4) is 0 Å². The van der Waals surface area contributed by atoms with Crippen LogP contribution < -0.4 is 5.32 Å². The van der Waals surface area contributed by atoms with Gasteiger partial charge in [-0.25, -0.2) is 0 Å². The summed E-state index contributed by atoms with van der Waals surface area (Å²) in [6.45, 7) is 1.72. The number of nitrogens with zero attached hydrogens (tertiary/aromatic N) is 1. The molecule has 1 aliphatic rings. The molecule has 1 aromatic rings. The molecule has 19 heavy (non-hydrogen) atoms. The van der Waals surface area contributed by atoms with Crippen LogP contribution in [0.1, 0.15) is 24.8 Å². The highest BCUT2D eigenvalue weighted by molar-refractivity contribution is 9.10. The normalized spacial score (nSPS) is 17.9. The second-order valence-electron chi connectivity index (χ2n) is 4.88. The molecule has 3 nitrogen and oxygen atoms in total. The molecule has 1 aliphatic heterocycles. The van der Waals surface area contributed by atoms with Gasteiger partial charge >= 0.3 is 0 Å². The molecule has 1 unspecified atom stereocenters. The first-order chi connectivity index (χ1) is 8.65. The lowest BCUT2D eigenvalue weighted by molar-refractivity contribution is -0.130. The Bertz CT molecular complexity index is 422. The summed E-state index contributed by atoms with van der Waals surface area (Å²) in [4.78, 5) is 13.9. The maximum Gasteiger partial charge on any atom is 0.224 e. The first-order valence-electron chi connectivity index (χ1n) is 6.37. The van der Waals surface area contributed by atoms with E-state index in [4.69, 9.17) is 0 Å². The van der Waals surface area contributed by atoms with Crippen LogP contribution in [0.2, 0.25) is 0 Å². The summed E-state index contributed by atoms with van der Waals surface area (Å²) in [5.74, 6) is 0.217. The third-order valence-electron chi connectivity index (χ3n) is 3.32. The van der Waals surface area contributed by atoms with Crippen LogP contribution in [-0.2, 0) is 11.3 Å². The van der Waals surface area contributed by atoms with Gasteiger partial charge in [0.15, 0.2) is 0 Å². The highest BCUT2D eigenvalue weighted by Gasteiger charge is 2.19. The van der Waals surface area contributed by atoms with E-state index in [9.17, 15) is 4.79 Å². The third-order valence-corrected chi connectivity index (χ3v) is 3.81. The molecule has 0 aromatic heterocycles. The van der Waals surface area contributed by atoms with E-state index >= 15 is 0 Å². The van der Waals surface area contributed by atoms with Gasteiger partial charge in [-0.1, -0.05) is 28.1 Å². The van der Waals surface area contributed by atoms with Crippen molar-refractivity contribution in [2.75, 3.05) is 13.6 Å². The molecule has 5 heteroatoms. The monoisotopic (exact) mass is 346 g/mol. The molecule has 0 bridgehead atoms. The molecular formula is C14H20BrClN2O. The molecule has 1 saturated heterocycles. The van der Waals surface area contributed by atoms with Gasteiger partial charge in [0, 0.05) is 30.5 Å². The van der Waals surface area contributed by atoms with E-state index in [1.807, 2.05) is 30.1 Å². The molecule has 1 fully saturated rings. The smallest absolute Gasteiger partial charge is 0.224 e. The number of carbonyl (C=O) groups is 1. The van der Waals surface area contributed by atoms with Crippen LogP contribution in [0, 0.1) is 0 Å². The fourth-order valence-electron chi connectivity index (χ4n) is 2.29. The minimum Gasteiger partial charge on any atom is -0.341 e. The first-order valence-corrected chi connectivity index (χ1v) is 7.16. The number of nitrogens with one attached hydrogen (secondary N) is 1. The summed E-state index contributed by atoms with van der Waals surface area (Å²) in [5.41, 5.74) is 1.15. The second-order valence-corrected chi connectivity index (χ2v) is 5.79. The Labute approximate surface area is 129 Å². The van der Waals surface area contributed by atoms with Crippen LogP contribution in [0.25, 0.3) is 0 Å². The summed E-state index contributed by atoms with van der Waals surface area (Å²) in [6, 6.07) is 8.46. The molecule has 0 radical (unpaired) electrons. The van der Waals surface area contributed by atoms with Gasteiger partial charge in [-0.05, 0) is 37.1 Å². The molecule has 1 aromatic carbocycles. The Morgan fingerprint density at radius 2 is 2.32 bits per heavy atom. The number of hydrogen-bond acceptors (Lipinski definition) is 2. The zero-order chi connectivity index (χ0) is 13.0. The third kappa shape index (κ3) is 5.13. The predicted octanol–water partition coefficient (Wildman–Crippen LogP) is 2.97. The Morgan fingerprint density at radius 1 is 1.53 bits per heavy atom. The summed E-state index contributed by atoms with van der Waals surface area (Å²) >= 11 is 3.45. The fourth-order valence-corrected chi connectivity index (χ4v) is 2.74. The fraction of sp³-hybridized carbons (Fsp3) is 0.500. The van der Waals surface area contributed by atoms with E-state index < -0.39 is 0 Å². The molecule has 0 spiro atoms. The zero-order valence-corrected chi connectivity index (χ0v) is 13.5. The maximum atomic E-state index is 12.1. The molecule has 1 atom stereocenters. The van der Waals surface area contributed by atoms with Gasteiger partial charge in [-0.3, -0.25) is 4.79 Å². The minimum atomic E-state index is 0. The van der Waals surface area contributed by atoms with Crippen molar-refractivity contribution in [1.82, 2.24) is 10.2 Å². The van der Waals surface area contributed by atoms with Crippen LogP contribution in [0.3, 0.4) is 0 Å². The SMILES string of the molecule is CN(Cc1cccc(Br)c1)C(=O)CC1CCCN1.Cl. The maximum absolute atomic E-state index is 12.1. The van der Waals surface area contributed by atoms with E-state index in [0.717, 1.165) is 23.0 Å². The predicted molar refractivity (Wildman–Crippen MR) is 83.5 cm³/mol. The Hall–Kier alpha value is -0.580. The van der Waals surface area contributed by atoms with Crippen LogP contribution in [0.5, 0.6) is 0 Å². The average molecular weight is 348 g/mol. The van der Waals surface area contributed by atoms with Gasteiger partial charge in [-0.2, -0.15) is 0 Å². The summed E-state index contributed by atoms with van der Waals surface area (Å²) in [5, 5.41) is 3.36. The lowest BCUT2D eigenvalue weighted by Gasteiger charge is -2.19. The molecule has 1 N–H and O–H groups in total. The standard InChI is InChI=1S/C14H19BrN2O.ClH/c1-17(10-11-4-2-5-12(15)8-11)14(18)9-13-6-3-7-16-13;/h2,4-5,8,13,16H,3,6-7,9-10H2,1H3;1H. The summed E-state index contributed by atoms with van der Waals surface area (Å²) < 4.78 is 1.05. The molecular weight excluding hydrogens is 328 g/mol. The van der Waals surface area contributed by atoms with Gasteiger partial charge in [-0.15, -0.1) is 12.4 Å². The Balaban J connectivity index is 0.00000180. The highest BCUT2D eigenvalue weighted by atomic mass is 79.9. The van der Waals surface area contributed by atoms with Crippen molar-refractivity contribution in [2.45, 2.75) is 31.8 Å². The second kappa shape index (κ2) is 7.88. The molecule has 0 aliphatic carbocycles. The number of hydrogen-bond donors (Lipinski definition) is 1. The van der Waals surface area contributed by atoms with Crippen molar-refractivity contribution in [3.05, 3.63) is 34.3 Å². The van der Waals surface area contributed by atoms with E-state index in [1.54, 1.807) is 0 Å². The lowest BCUT2D eigenvalue weighted by Crippen LogP contribution is -2.33. The van der Waals surface area contributed by atoms with Crippen LogP contribution in [0.15, 0.2) is 28.7 Å². The molecule has 0 saturated carbocycles. The zero-order valence-electron chi connectivity index (χ0n) is 11.1. The highest BCUT2D eigenvalue weighted by Crippen LogP contribution is 2.14. The number of amides is 1. The summed E-state index contributed by atoms with van der Waals surface area (Å²) in [7, 11) is 1.87. The molecule has 1 amide bonds. The Kier molecular flexibility index (Phi) is 6.83. The van der Waals surface area contributed by atoms with E-state index in [1.165, 1.54) is 6.42 Å². The first kappa shape index (κ1) is 16.5. The number of rotatable bonds is 4. The molecule has 2 rings (SSSR count). The van der Waals surface area contributed by atoms with E-state index in [-0.39, 0.29) is 18.3 Å². The van der Waals surface area contributed by atoms with Gasteiger partial charge < -0.3 is 10.2 Å². The largest absolute Gasteiger partial charge is 0.341 e. The van der Waals surface area contributed by atoms with Gasteiger partial charge in [0.1, 0.15) is 0 Å². The van der Waals surface area contributed by atoms with Crippen molar-refractivity contribution < 1.29 is 4.79 Å². The van der Waals surface area contributed by atoms with Crippen molar-refractivity contribution in [1.29, 1.82) is 0 Å². The molecule has 1 heterocycles. The van der Waals surface area contributed by atoms with Crippen molar-refractivity contribution in [3.63, 3.8) is 0 Å². The van der Waals surface area contributed by atoms with Crippen LogP contribution in [-0.4, -0.2) is 30.4 Å². The lowest BCUT2D eigenvalue weighted by atomic mass is 10.1. The van der Waals surface area contributed by atoms with Gasteiger partial charge in [0.05, 0.1) is 0 Å². The number of benzene rings is 1. The van der Waals surface area contributed by atoms with Gasteiger partial charge in [0.25, 0.3) is 0 Å². The number of carbonyl (C=O) groups excluding carboxylic acids is 1. The van der Waals surface area contributed by atoms with Gasteiger partial charge in [0.2, 0.25) is 5.91 Å². The Morgan fingerprint density at radius 3 is 2.95 bits per heavy atom. The van der Waals surface area contributed by atoms with Crippen molar-refractivity contribution >= 4 is 34.2 Å². The topological polar surface area (TPSA) is 32.3 Å². The van der Waals surface area contributed by atoms with E-state index in [2.05, 4.69) is 27.3 Å². The van der Waals surface area contributed by atoms with Crippen molar-refractivity contribution in [2.24, 2.45) is 0 Å².